The van der Waals surface area contributed by atoms with E-state index in [4.69, 9.17) is 4.98 Å². The van der Waals surface area contributed by atoms with Gasteiger partial charge in [-0.2, -0.15) is 0 Å². The number of amides is 3. The number of hydrogen-bond donors (Lipinski definition) is 1. The third kappa shape index (κ3) is 3.96. The van der Waals surface area contributed by atoms with Gasteiger partial charge in [0.15, 0.2) is 5.13 Å². The van der Waals surface area contributed by atoms with E-state index in [0.29, 0.717) is 16.9 Å². The van der Waals surface area contributed by atoms with Crippen LogP contribution in [0, 0.1) is 0 Å². The van der Waals surface area contributed by atoms with Crippen molar-refractivity contribution in [3.63, 3.8) is 0 Å². The molecule has 164 valence electrons. The zero-order valence-corrected chi connectivity index (χ0v) is 18.5. The Bertz CT molecular complexity index is 1200. The van der Waals surface area contributed by atoms with Crippen LogP contribution in [0.1, 0.15) is 23.2 Å². The Morgan fingerprint density at radius 1 is 1.00 bits per heavy atom. The van der Waals surface area contributed by atoms with Gasteiger partial charge in [-0.25, -0.2) is 4.98 Å². The van der Waals surface area contributed by atoms with Gasteiger partial charge in [-0.3, -0.25) is 19.3 Å². The molecule has 0 atom stereocenters. The van der Waals surface area contributed by atoms with Gasteiger partial charge in [0.25, 0.3) is 5.91 Å². The van der Waals surface area contributed by atoms with Crippen LogP contribution in [0.25, 0.3) is 10.2 Å². The van der Waals surface area contributed by atoms with Crippen molar-refractivity contribution in [2.45, 2.75) is 12.8 Å². The number of benzene rings is 2. The van der Waals surface area contributed by atoms with Crippen molar-refractivity contribution >= 4 is 55.8 Å². The number of thiazole rings is 1. The Kier molecular flexibility index (Phi) is 5.36. The number of rotatable bonds is 4. The molecule has 2 saturated heterocycles. The molecular weight excluding hydrogens is 426 g/mol. The number of nitrogens with one attached hydrogen (secondary N) is 1. The first-order valence-electron chi connectivity index (χ1n) is 10.6. The van der Waals surface area contributed by atoms with Gasteiger partial charge < -0.3 is 15.1 Å². The number of anilines is 3. The molecule has 9 heteroatoms. The molecule has 8 nitrogen and oxygen atoms in total. The first kappa shape index (κ1) is 20.6. The van der Waals surface area contributed by atoms with E-state index in [1.165, 1.54) is 0 Å². The summed E-state index contributed by atoms with van der Waals surface area (Å²) in [5, 5.41) is 3.92. The lowest BCUT2D eigenvalue weighted by molar-refractivity contribution is -0.121. The molecule has 2 aromatic carbocycles. The van der Waals surface area contributed by atoms with Crippen LogP contribution in [0.5, 0.6) is 0 Å². The Hall–Kier alpha value is -3.30. The van der Waals surface area contributed by atoms with Crippen molar-refractivity contribution in [3.05, 3.63) is 48.0 Å². The summed E-state index contributed by atoms with van der Waals surface area (Å²) in [5.41, 5.74) is 2.40. The fourth-order valence-corrected chi connectivity index (χ4v) is 5.03. The zero-order valence-electron chi connectivity index (χ0n) is 17.7. The highest BCUT2D eigenvalue weighted by atomic mass is 32.1. The summed E-state index contributed by atoms with van der Waals surface area (Å²) in [6.07, 6.45) is 0.417. The van der Waals surface area contributed by atoms with Crippen molar-refractivity contribution in [3.8, 4) is 0 Å². The predicted molar refractivity (Wildman–Crippen MR) is 125 cm³/mol. The van der Waals surface area contributed by atoms with Gasteiger partial charge in [-0.1, -0.05) is 17.4 Å². The Balaban J connectivity index is 1.33. The van der Waals surface area contributed by atoms with Crippen LogP contribution in [0.15, 0.2) is 42.5 Å². The number of imide groups is 1. The van der Waals surface area contributed by atoms with Gasteiger partial charge in [0.05, 0.1) is 15.9 Å². The molecule has 2 fully saturated rings. The van der Waals surface area contributed by atoms with Gasteiger partial charge in [0.1, 0.15) is 0 Å². The van der Waals surface area contributed by atoms with Crippen LogP contribution in [0.4, 0.5) is 16.5 Å². The van der Waals surface area contributed by atoms with Crippen LogP contribution in [0.3, 0.4) is 0 Å². The fraction of sp³-hybridized carbons (Fsp3) is 0.304. The maximum absolute atomic E-state index is 12.8. The monoisotopic (exact) mass is 449 g/mol. The molecule has 0 saturated carbocycles. The lowest BCUT2D eigenvalue weighted by Crippen LogP contribution is -2.44. The van der Waals surface area contributed by atoms with Crippen molar-refractivity contribution in [2.24, 2.45) is 0 Å². The average molecular weight is 450 g/mol. The summed E-state index contributed by atoms with van der Waals surface area (Å²) in [5.74, 6) is -0.771. The van der Waals surface area contributed by atoms with Crippen LogP contribution >= 0.6 is 11.3 Å². The molecule has 0 aliphatic carbocycles. The summed E-state index contributed by atoms with van der Waals surface area (Å²) >= 11 is 1.63. The number of piperazine rings is 1. The standard InChI is InChI=1S/C23H23N5O3S/c1-26-9-11-27(12-10-26)23-25-18-6-5-16(14-19(18)32-23)24-22(31)15-3-2-4-17(13-15)28-20(29)7-8-21(28)30/h2-6,13-14H,7-12H2,1H3,(H,24,31). The largest absolute Gasteiger partial charge is 0.345 e. The molecule has 1 aromatic heterocycles. The minimum Gasteiger partial charge on any atom is -0.345 e. The number of carbonyl (C=O) groups excluding carboxylic acids is 3. The minimum atomic E-state index is -0.297. The molecule has 0 spiro atoms. The van der Waals surface area contributed by atoms with E-state index in [0.717, 1.165) is 46.4 Å². The Morgan fingerprint density at radius 3 is 2.50 bits per heavy atom. The lowest BCUT2D eigenvalue weighted by atomic mass is 10.1. The smallest absolute Gasteiger partial charge is 0.255 e. The molecule has 0 bridgehead atoms. The minimum absolute atomic E-state index is 0.209. The van der Waals surface area contributed by atoms with Gasteiger partial charge in [0, 0.05) is 50.3 Å². The number of hydrogen-bond acceptors (Lipinski definition) is 7. The van der Waals surface area contributed by atoms with Gasteiger partial charge in [-0.05, 0) is 43.4 Å². The first-order valence-corrected chi connectivity index (χ1v) is 11.4. The fourth-order valence-electron chi connectivity index (χ4n) is 3.98. The van der Waals surface area contributed by atoms with Gasteiger partial charge in [0.2, 0.25) is 11.8 Å². The number of aromatic nitrogens is 1. The predicted octanol–water partition coefficient (Wildman–Crippen LogP) is 2.95. The van der Waals surface area contributed by atoms with Crippen LogP contribution in [-0.2, 0) is 9.59 Å². The third-order valence-corrected chi connectivity index (χ3v) is 6.91. The first-order chi connectivity index (χ1) is 15.5. The summed E-state index contributed by atoms with van der Waals surface area (Å²) < 4.78 is 1.01. The van der Waals surface area contributed by atoms with E-state index in [9.17, 15) is 14.4 Å². The van der Waals surface area contributed by atoms with E-state index in [1.54, 1.807) is 35.6 Å². The molecule has 3 aromatic rings. The van der Waals surface area contributed by atoms with Crippen LogP contribution < -0.4 is 15.1 Å². The van der Waals surface area contributed by atoms with E-state index in [2.05, 4.69) is 22.2 Å². The van der Waals surface area contributed by atoms with E-state index in [1.807, 2.05) is 18.2 Å². The zero-order chi connectivity index (χ0) is 22.2. The lowest BCUT2D eigenvalue weighted by Gasteiger charge is -2.31. The van der Waals surface area contributed by atoms with Crippen molar-refractivity contribution in [2.75, 3.05) is 48.3 Å². The van der Waals surface area contributed by atoms with Crippen LogP contribution in [-0.4, -0.2) is 60.8 Å². The molecule has 32 heavy (non-hydrogen) atoms. The van der Waals surface area contributed by atoms with Crippen molar-refractivity contribution in [1.82, 2.24) is 9.88 Å². The number of likely N-dealkylation sites (N-methyl/N-ethyl adjacent to an activating group) is 1. The second kappa shape index (κ2) is 8.33. The molecule has 5 rings (SSSR count). The molecule has 3 heterocycles. The third-order valence-electron chi connectivity index (χ3n) is 5.83. The molecule has 1 N–H and O–H groups in total. The SMILES string of the molecule is CN1CCN(c2nc3ccc(NC(=O)c4cccc(N5C(=O)CCC5=O)c4)cc3s2)CC1. The van der Waals surface area contributed by atoms with E-state index in [-0.39, 0.29) is 30.6 Å². The second-order valence-electron chi connectivity index (χ2n) is 8.10. The second-order valence-corrected chi connectivity index (χ2v) is 9.11. The Morgan fingerprint density at radius 2 is 1.75 bits per heavy atom. The maximum atomic E-state index is 12.8. The van der Waals surface area contributed by atoms with Crippen molar-refractivity contribution < 1.29 is 14.4 Å². The molecular formula is C23H23N5O3S. The normalized spacial score (nSPS) is 17.4. The number of nitrogens with zero attached hydrogens (tertiary/aromatic N) is 4. The molecule has 2 aliphatic heterocycles. The van der Waals surface area contributed by atoms with Crippen molar-refractivity contribution in [1.29, 1.82) is 0 Å². The van der Waals surface area contributed by atoms with Gasteiger partial charge >= 0.3 is 0 Å². The summed E-state index contributed by atoms with van der Waals surface area (Å²) in [4.78, 5) is 47.4. The number of carbonyl (C=O) groups is 3. The summed E-state index contributed by atoms with van der Waals surface area (Å²) in [6.45, 7) is 3.95. The molecule has 3 amide bonds. The Labute approximate surface area is 189 Å². The van der Waals surface area contributed by atoms with E-state index >= 15 is 0 Å². The van der Waals surface area contributed by atoms with Crippen LogP contribution in [0.2, 0.25) is 0 Å². The highest BCUT2D eigenvalue weighted by molar-refractivity contribution is 7.22. The van der Waals surface area contributed by atoms with Gasteiger partial charge in [-0.15, -0.1) is 0 Å². The van der Waals surface area contributed by atoms with E-state index < -0.39 is 0 Å². The topological polar surface area (TPSA) is 85.8 Å². The summed E-state index contributed by atoms with van der Waals surface area (Å²) in [7, 11) is 2.13. The quantitative estimate of drug-likeness (QED) is 0.617. The molecule has 0 unspecified atom stereocenters. The average Bonchev–Trinajstić information content (AvgIpc) is 3.36. The summed E-state index contributed by atoms with van der Waals surface area (Å²) in [6, 6.07) is 12.3. The highest BCUT2D eigenvalue weighted by Gasteiger charge is 2.30. The number of fused-ring (bicyclic) bond motifs is 1. The molecule has 2 aliphatic rings. The maximum Gasteiger partial charge on any atom is 0.255 e. The highest BCUT2D eigenvalue weighted by Crippen LogP contribution is 2.31. The molecule has 0 radical (unpaired) electrons.